The van der Waals surface area contributed by atoms with Crippen molar-refractivity contribution in [2.45, 2.75) is 19.4 Å². The molecule has 0 N–H and O–H groups in total. The Kier molecular flexibility index (Phi) is 4.68. The molecule has 0 spiro atoms. The lowest BCUT2D eigenvalue weighted by atomic mass is 10.1. The molecule has 1 nitrogen and oxygen atoms in total. The first-order chi connectivity index (χ1) is 7.78. The molecule has 1 atom stereocenters. The number of nitrogens with zero attached hydrogens (tertiary/aromatic N) is 1. The molecule has 16 heavy (non-hydrogen) atoms. The third-order valence-electron chi connectivity index (χ3n) is 3.18. The van der Waals surface area contributed by atoms with Crippen LogP contribution in [0, 0.1) is 5.92 Å². The van der Waals surface area contributed by atoms with Gasteiger partial charge in [-0.15, -0.1) is 11.6 Å². The minimum Gasteiger partial charge on any atom is -0.299 e. The Morgan fingerprint density at radius 3 is 3.06 bits per heavy atom. The van der Waals surface area contributed by atoms with E-state index in [1.165, 1.54) is 29.5 Å². The second-order valence-corrected chi connectivity index (χ2v) is 5.79. The van der Waals surface area contributed by atoms with Gasteiger partial charge in [-0.1, -0.05) is 28.1 Å². The van der Waals surface area contributed by atoms with E-state index in [2.05, 4.69) is 45.1 Å². The first kappa shape index (κ1) is 12.4. The molecule has 1 unspecified atom stereocenters. The first-order valence-corrected chi connectivity index (χ1v) is 7.13. The molecule has 1 aromatic carbocycles. The molecule has 1 aliphatic rings. The van der Waals surface area contributed by atoms with Gasteiger partial charge in [0.1, 0.15) is 0 Å². The zero-order valence-corrected chi connectivity index (χ0v) is 11.7. The lowest BCUT2D eigenvalue weighted by Gasteiger charge is -2.15. The van der Waals surface area contributed by atoms with Crippen molar-refractivity contribution < 1.29 is 0 Å². The fourth-order valence-corrected chi connectivity index (χ4v) is 3.10. The number of hydrogen-bond donors (Lipinski definition) is 0. The Morgan fingerprint density at radius 1 is 1.44 bits per heavy atom. The van der Waals surface area contributed by atoms with Crippen LogP contribution in [0.15, 0.2) is 28.7 Å². The van der Waals surface area contributed by atoms with Crippen LogP contribution in [0.2, 0.25) is 0 Å². The van der Waals surface area contributed by atoms with Crippen molar-refractivity contribution in [2.24, 2.45) is 5.92 Å². The fraction of sp³-hybridized carbons (Fsp3) is 0.538. The van der Waals surface area contributed by atoms with E-state index < -0.39 is 0 Å². The van der Waals surface area contributed by atoms with Gasteiger partial charge in [0.25, 0.3) is 0 Å². The van der Waals surface area contributed by atoms with Crippen LogP contribution in [0.5, 0.6) is 0 Å². The van der Waals surface area contributed by atoms with Crippen molar-refractivity contribution in [3.8, 4) is 0 Å². The van der Waals surface area contributed by atoms with Gasteiger partial charge in [-0.05, 0) is 43.0 Å². The molecule has 0 amide bonds. The summed E-state index contributed by atoms with van der Waals surface area (Å²) in [5, 5.41) is 0. The van der Waals surface area contributed by atoms with E-state index in [1.54, 1.807) is 0 Å². The third kappa shape index (κ3) is 3.47. The summed E-state index contributed by atoms with van der Waals surface area (Å²) >= 11 is 9.30. The van der Waals surface area contributed by atoms with Crippen LogP contribution in [0.3, 0.4) is 0 Å². The maximum absolute atomic E-state index is 5.79. The van der Waals surface area contributed by atoms with E-state index in [0.29, 0.717) is 0 Å². The highest BCUT2D eigenvalue weighted by molar-refractivity contribution is 9.10. The summed E-state index contributed by atoms with van der Waals surface area (Å²) in [6.07, 6.45) is 2.47. The van der Waals surface area contributed by atoms with Gasteiger partial charge in [-0.25, -0.2) is 0 Å². The highest BCUT2D eigenvalue weighted by Crippen LogP contribution is 2.22. The second-order valence-electron chi connectivity index (χ2n) is 4.50. The number of halogens is 2. The van der Waals surface area contributed by atoms with Gasteiger partial charge in [0.05, 0.1) is 0 Å². The van der Waals surface area contributed by atoms with Crippen molar-refractivity contribution in [2.75, 3.05) is 19.0 Å². The highest BCUT2D eigenvalue weighted by Gasteiger charge is 2.21. The predicted molar refractivity (Wildman–Crippen MR) is 72.9 cm³/mol. The molecule has 1 fully saturated rings. The van der Waals surface area contributed by atoms with Gasteiger partial charge < -0.3 is 0 Å². The smallest absolute Gasteiger partial charge is 0.0234 e. The Balaban J connectivity index is 1.87. The van der Waals surface area contributed by atoms with E-state index in [9.17, 15) is 0 Å². The zero-order valence-electron chi connectivity index (χ0n) is 9.33. The van der Waals surface area contributed by atoms with Gasteiger partial charge in [-0.3, -0.25) is 4.90 Å². The van der Waals surface area contributed by atoms with Crippen molar-refractivity contribution in [3.05, 3.63) is 34.3 Å². The predicted octanol–water partition coefficient (Wildman–Crippen LogP) is 3.90. The van der Waals surface area contributed by atoms with Crippen molar-refractivity contribution in [1.82, 2.24) is 4.90 Å². The molecule has 0 radical (unpaired) electrons. The summed E-state index contributed by atoms with van der Waals surface area (Å²) < 4.78 is 1.17. The van der Waals surface area contributed by atoms with Gasteiger partial charge in [0.15, 0.2) is 0 Å². The van der Waals surface area contributed by atoms with E-state index >= 15 is 0 Å². The topological polar surface area (TPSA) is 3.24 Å². The Hall–Kier alpha value is -0.0500. The van der Waals surface area contributed by atoms with E-state index in [-0.39, 0.29) is 0 Å². The number of hydrogen-bond acceptors (Lipinski definition) is 1. The number of likely N-dealkylation sites (tertiary alicyclic amines) is 1. The van der Waals surface area contributed by atoms with Gasteiger partial charge >= 0.3 is 0 Å². The average Bonchev–Trinajstić information content (AvgIpc) is 2.66. The maximum atomic E-state index is 5.79. The van der Waals surface area contributed by atoms with Crippen molar-refractivity contribution in [3.63, 3.8) is 0 Å². The average molecular weight is 303 g/mol. The lowest BCUT2D eigenvalue weighted by molar-refractivity contribution is 0.315. The summed E-state index contributed by atoms with van der Waals surface area (Å²) in [5.74, 6) is 1.61. The van der Waals surface area contributed by atoms with Gasteiger partial charge in [0.2, 0.25) is 0 Å². The number of benzene rings is 1. The molecule has 1 saturated heterocycles. The van der Waals surface area contributed by atoms with Gasteiger partial charge in [-0.2, -0.15) is 0 Å². The molecular formula is C13H17BrClN. The number of alkyl halides is 1. The summed E-state index contributed by atoms with van der Waals surface area (Å²) in [4.78, 5) is 2.53. The van der Waals surface area contributed by atoms with Crippen LogP contribution >= 0.6 is 27.5 Å². The first-order valence-electron chi connectivity index (χ1n) is 5.80. The maximum Gasteiger partial charge on any atom is 0.0234 e. The Morgan fingerprint density at radius 2 is 2.31 bits per heavy atom. The zero-order chi connectivity index (χ0) is 11.4. The standard InChI is InChI=1S/C13H17BrClN/c14-13-3-1-2-12(8-13)10-16-7-5-11(9-16)4-6-15/h1-3,8,11H,4-7,9-10H2. The van der Waals surface area contributed by atoms with Crippen LogP contribution in [-0.4, -0.2) is 23.9 Å². The second kappa shape index (κ2) is 6.04. The summed E-state index contributed by atoms with van der Waals surface area (Å²) in [5.41, 5.74) is 1.39. The van der Waals surface area contributed by atoms with Crippen LogP contribution in [0.4, 0.5) is 0 Å². The minimum absolute atomic E-state index is 0.801. The van der Waals surface area contributed by atoms with E-state index in [4.69, 9.17) is 11.6 Å². The van der Waals surface area contributed by atoms with Crippen LogP contribution in [0.25, 0.3) is 0 Å². The Labute approximate surface area is 111 Å². The monoisotopic (exact) mass is 301 g/mol. The van der Waals surface area contributed by atoms with Crippen molar-refractivity contribution in [1.29, 1.82) is 0 Å². The minimum atomic E-state index is 0.801. The van der Waals surface area contributed by atoms with E-state index in [0.717, 1.165) is 24.8 Å². The quantitative estimate of drug-likeness (QED) is 0.763. The fourth-order valence-electron chi connectivity index (χ4n) is 2.34. The molecule has 1 aromatic rings. The molecular weight excluding hydrogens is 286 g/mol. The van der Waals surface area contributed by atoms with Crippen LogP contribution in [-0.2, 0) is 6.54 Å². The van der Waals surface area contributed by atoms with Crippen LogP contribution < -0.4 is 0 Å². The third-order valence-corrected chi connectivity index (χ3v) is 3.89. The number of rotatable bonds is 4. The van der Waals surface area contributed by atoms with E-state index in [1.807, 2.05) is 0 Å². The van der Waals surface area contributed by atoms with Gasteiger partial charge in [0, 0.05) is 23.4 Å². The molecule has 1 aliphatic heterocycles. The molecule has 0 bridgehead atoms. The molecule has 2 rings (SSSR count). The highest BCUT2D eigenvalue weighted by atomic mass is 79.9. The Bertz CT molecular complexity index is 342. The largest absolute Gasteiger partial charge is 0.299 e. The summed E-state index contributed by atoms with van der Waals surface area (Å²) in [6, 6.07) is 8.57. The summed E-state index contributed by atoms with van der Waals surface area (Å²) in [7, 11) is 0. The molecule has 1 heterocycles. The van der Waals surface area contributed by atoms with Crippen LogP contribution in [0.1, 0.15) is 18.4 Å². The lowest BCUT2D eigenvalue weighted by Crippen LogP contribution is -2.20. The normalized spacial score (nSPS) is 21.5. The molecule has 0 aromatic heterocycles. The van der Waals surface area contributed by atoms with Crippen molar-refractivity contribution >= 4 is 27.5 Å². The SMILES string of the molecule is ClCCC1CCN(Cc2cccc(Br)c2)C1. The molecule has 3 heteroatoms. The molecule has 0 aliphatic carbocycles. The molecule has 0 saturated carbocycles. The summed E-state index contributed by atoms with van der Waals surface area (Å²) in [6.45, 7) is 3.49. The molecule has 88 valence electrons.